The number of ether oxygens (including phenoxy) is 1. The molecule has 0 fully saturated rings. The Morgan fingerprint density at radius 2 is 1.92 bits per heavy atom. The highest BCUT2D eigenvalue weighted by Gasteiger charge is 2.11. The Labute approximate surface area is 146 Å². The van der Waals surface area contributed by atoms with Gasteiger partial charge in [-0.05, 0) is 36.2 Å². The summed E-state index contributed by atoms with van der Waals surface area (Å²) in [6.07, 6.45) is 0. The first kappa shape index (κ1) is 18.0. The standard InChI is InChI=1S/C18H19ClN2O3/c1-12-5-3-4-6-14(12)10-20-11-17(22)21-16-9-13(18(23)24-2)7-8-15(16)19/h3-9,20H,10-11H2,1-2H3,(H,21,22). The number of methoxy groups -OCH3 is 1. The van der Waals surface area contributed by atoms with E-state index in [0.717, 1.165) is 5.56 Å². The van der Waals surface area contributed by atoms with Crippen LogP contribution in [0.3, 0.4) is 0 Å². The van der Waals surface area contributed by atoms with E-state index in [1.54, 1.807) is 12.1 Å². The second-order valence-corrected chi connectivity index (χ2v) is 5.67. The van der Waals surface area contributed by atoms with Crippen LogP contribution in [-0.4, -0.2) is 25.5 Å². The molecule has 5 nitrogen and oxygen atoms in total. The molecule has 24 heavy (non-hydrogen) atoms. The Kier molecular flexibility index (Phi) is 6.35. The Hall–Kier alpha value is -2.37. The van der Waals surface area contributed by atoms with Gasteiger partial charge in [-0.2, -0.15) is 0 Å². The van der Waals surface area contributed by atoms with Gasteiger partial charge in [0.1, 0.15) is 0 Å². The van der Waals surface area contributed by atoms with Crippen LogP contribution < -0.4 is 10.6 Å². The lowest BCUT2D eigenvalue weighted by Crippen LogP contribution is -2.28. The van der Waals surface area contributed by atoms with Crippen LogP contribution in [0.25, 0.3) is 0 Å². The molecule has 0 radical (unpaired) electrons. The number of benzene rings is 2. The largest absolute Gasteiger partial charge is 0.465 e. The number of carbonyl (C=O) groups is 2. The van der Waals surface area contributed by atoms with Gasteiger partial charge in [0.25, 0.3) is 0 Å². The first-order valence-corrected chi connectivity index (χ1v) is 7.82. The third-order valence-corrected chi connectivity index (χ3v) is 3.85. The SMILES string of the molecule is COC(=O)c1ccc(Cl)c(NC(=O)CNCc2ccccc2C)c1. The molecule has 0 bridgehead atoms. The summed E-state index contributed by atoms with van der Waals surface area (Å²) in [7, 11) is 1.30. The summed E-state index contributed by atoms with van der Waals surface area (Å²) in [6, 6.07) is 12.5. The molecule has 2 N–H and O–H groups in total. The molecule has 2 rings (SSSR count). The number of anilines is 1. The summed E-state index contributed by atoms with van der Waals surface area (Å²) in [4.78, 5) is 23.6. The monoisotopic (exact) mass is 346 g/mol. The van der Waals surface area contributed by atoms with E-state index in [1.807, 2.05) is 31.2 Å². The number of halogens is 1. The van der Waals surface area contributed by atoms with Crippen molar-refractivity contribution in [1.29, 1.82) is 0 Å². The minimum absolute atomic E-state index is 0.132. The number of carbonyl (C=O) groups excluding carboxylic acids is 2. The van der Waals surface area contributed by atoms with Gasteiger partial charge in [0.05, 0.1) is 29.9 Å². The van der Waals surface area contributed by atoms with Crippen molar-refractivity contribution >= 4 is 29.2 Å². The summed E-state index contributed by atoms with van der Waals surface area (Å²) < 4.78 is 4.65. The van der Waals surface area contributed by atoms with E-state index in [9.17, 15) is 9.59 Å². The van der Waals surface area contributed by atoms with E-state index >= 15 is 0 Å². The second-order valence-electron chi connectivity index (χ2n) is 5.26. The fourth-order valence-corrected chi connectivity index (χ4v) is 2.34. The number of rotatable bonds is 6. The Balaban J connectivity index is 1.92. The van der Waals surface area contributed by atoms with E-state index in [-0.39, 0.29) is 12.5 Å². The van der Waals surface area contributed by atoms with Crippen molar-refractivity contribution in [3.05, 3.63) is 64.2 Å². The highest BCUT2D eigenvalue weighted by atomic mass is 35.5. The van der Waals surface area contributed by atoms with E-state index in [4.69, 9.17) is 11.6 Å². The zero-order valence-electron chi connectivity index (χ0n) is 13.6. The minimum Gasteiger partial charge on any atom is -0.465 e. The summed E-state index contributed by atoms with van der Waals surface area (Å²) in [5, 5.41) is 6.13. The average Bonchev–Trinajstić information content (AvgIpc) is 2.58. The molecule has 0 heterocycles. The molecule has 0 aliphatic carbocycles. The predicted molar refractivity (Wildman–Crippen MR) is 94.3 cm³/mol. The van der Waals surface area contributed by atoms with Gasteiger partial charge in [-0.1, -0.05) is 35.9 Å². The lowest BCUT2D eigenvalue weighted by atomic mass is 10.1. The average molecular weight is 347 g/mol. The number of aryl methyl sites for hydroxylation is 1. The third kappa shape index (κ3) is 4.81. The zero-order chi connectivity index (χ0) is 17.5. The van der Waals surface area contributed by atoms with Gasteiger partial charge in [0, 0.05) is 6.54 Å². The van der Waals surface area contributed by atoms with Crippen LogP contribution in [0, 0.1) is 6.92 Å². The molecule has 0 atom stereocenters. The van der Waals surface area contributed by atoms with E-state index < -0.39 is 5.97 Å². The molecule has 2 aromatic rings. The summed E-state index contributed by atoms with van der Waals surface area (Å²) in [5.41, 5.74) is 3.00. The molecular weight excluding hydrogens is 328 g/mol. The first-order chi connectivity index (χ1) is 11.5. The lowest BCUT2D eigenvalue weighted by molar-refractivity contribution is -0.115. The van der Waals surface area contributed by atoms with E-state index in [2.05, 4.69) is 15.4 Å². The van der Waals surface area contributed by atoms with Gasteiger partial charge in [-0.15, -0.1) is 0 Å². The van der Waals surface area contributed by atoms with Crippen molar-refractivity contribution in [2.75, 3.05) is 19.0 Å². The van der Waals surface area contributed by atoms with Crippen molar-refractivity contribution in [2.45, 2.75) is 13.5 Å². The molecule has 6 heteroatoms. The van der Waals surface area contributed by atoms with E-state index in [1.165, 1.54) is 18.7 Å². The lowest BCUT2D eigenvalue weighted by Gasteiger charge is -2.10. The van der Waals surface area contributed by atoms with Crippen LogP contribution in [0.5, 0.6) is 0 Å². The molecule has 0 aromatic heterocycles. The molecule has 0 aliphatic heterocycles. The zero-order valence-corrected chi connectivity index (χ0v) is 14.3. The Bertz CT molecular complexity index is 747. The maximum atomic E-state index is 12.0. The number of hydrogen-bond donors (Lipinski definition) is 2. The normalized spacial score (nSPS) is 10.3. The van der Waals surface area contributed by atoms with Crippen LogP contribution in [0.4, 0.5) is 5.69 Å². The molecular formula is C18H19ClN2O3. The van der Waals surface area contributed by atoms with E-state index in [0.29, 0.717) is 22.8 Å². The van der Waals surface area contributed by atoms with Gasteiger partial charge >= 0.3 is 5.97 Å². The smallest absolute Gasteiger partial charge is 0.337 e. The number of amides is 1. The topological polar surface area (TPSA) is 67.4 Å². The minimum atomic E-state index is -0.486. The van der Waals surface area contributed by atoms with Gasteiger partial charge in [-0.25, -0.2) is 4.79 Å². The molecule has 1 amide bonds. The quantitative estimate of drug-likeness (QED) is 0.788. The van der Waals surface area contributed by atoms with Crippen LogP contribution >= 0.6 is 11.6 Å². The molecule has 0 unspecified atom stereocenters. The summed E-state index contributed by atoms with van der Waals surface area (Å²) in [5.74, 6) is -0.729. The van der Waals surface area contributed by atoms with Gasteiger partial charge in [0.2, 0.25) is 5.91 Å². The highest BCUT2D eigenvalue weighted by Crippen LogP contribution is 2.23. The molecule has 0 aliphatic rings. The Morgan fingerprint density at radius 3 is 2.62 bits per heavy atom. The number of esters is 1. The van der Waals surface area contributed by atoms with Crippen molar-refractivity contribution < 1.29 is 14.3 Å². The highest BCUT2D eigenvalue weighted by molar-refractivity contribution is 6.33. The fraction of sp³-hybridized carbons (Fsp3) is 0.222. The van der Waals surface area contributed by atoms with Gasteiger partial charge in [0.15, 0.2) is 0 Å². The Morgan fingerprint density at radius 1 is 1.17 bits per heavy atom. The van der Waals surface area contributed by atoms with Crippen molar-refractivity contribution in [3.8, 4) is 0 Å². The molecule has 0 saturated carbocycles. The van der Waals surface area contributed by atoms with Crippen molar-refractivity contribution in [1.82, 2.24) is 5.32 Å². The predicted octanol–water partition coefficient (Wildman–Crippen LogP) is 3.16. The molecule has 126 valence electrons. The number of nitrogens with one attached hydrogen (secondary N) is 2. The third-order valence-electron chi connectivity index (χ3n) is 3.52. The van der Waals surface area contributed by atoms with Crippen LogP contribution in [0.2, 0.25) is 5.02 Å². The summed E-state index contributed by atoms with van der Waals surface area (Å²) in [6.45, 7) is 2.75. The van der Waals surface area contributed by atoms with Crippen LogP contribution in [-0.2, 0) is 16.1 Å². The maximum Gasteiger partial charge on any atom is 0.337 e. The molecule has 0 spiro atoms. The van der Waals surface area contributed by atoms with Crippen LogP contribution in [0.15, 0.2) is 42.5 Å². The first-order valence-electron chi connectivity index (χ1n) is 7.44. The summed E-state index contributed by atoms with van der Waals surface area (Å²) >= 11 is 6.05. The maximum absolute atomic E-state index is 12.0. The second kappa shape index (κ2) is 8.47. The van der Waals surface area contributed by atoms with Crippen molar-refractivity contribution in [3.63, 3.8) is 0 Å². The van der Waals surface area contributed by atoms with Crippen LogP contribution in [0.1, 0.15) is 21.5 Å². The van der Waals surface area contributed by atoms with Gasteiger partial charge < -0.3 is 15.4 Å². The fourth-order valence-electron chi connectivity index (χ4n) is 2.18. The van der Waals surface area contributed by atoms with Gasteiger partial charge in [-0.3, -0.25) is 4.79 Å². The number of hydrogen-bond acceptors (Lipinski definition) is 4. The van der Waals surface area contributed by atoms with Crippen molar-refractivity contribution in [2.24, 2.45) is 0 Å². The molecule has 0 saturated heterocycles. The molecule has 2 aromatic carbocycles.